The predicted octanol–water partition coefficient (Wildman–Crippen LogP) is 1.65. The number of aliphatic carboxylic acids is 1. The van der Waals surface area contributed by atoms with Crippen molar-refractivity contribution in [1.82, 2.24) is 0 Å². The fraction of sp³-hybridized carbons (Fsp3) is 0.889. The van der Waals surface area contributed by atoms with Crippen LogP contribution in [-0.4, -0.2) is 22.3 Å². The maximum Gasteiger partial charge on any atom is 0.303 e. The zero-order valence-corrected chi connectivity index (χ0v) is 8.00. The highest BCUT2D eigenvalue weighted by atomic mass is 16.4. The lowest BCUT2D eigenvalue weighted by Crippen LogP contribution is -2.25. The third-order valence-corrected chi connectivity index (χ3v) is 1.87. The van der Waals surface area contributed by atoms with Crippen molar-refractivity contribution >= 4 is 5.97 Å². The topological polar surface area (TPSA) is 57.5 Å². The molecular weight excluding hydrogens is 156 g/mol. The summed E-state index contributed by atoms with van der Waals surface area (Å²) < 4.78 is 0. The molecule has 72 valence electrons. The molecule has 1 unspecified atom stereocenters. The monoisotopic (exact) mass is 174 g/mol. The van der Waals surface area contributed by atoms with Gasteiger partial charge in [0.25, 0.3) is 0 Å². The SMILES string of the molecule is CC(C)(C)C(O)CCCC(=O)O. The van der Waals surface area contributed by atoms with E-state index >= 15 is 0 Å². The molecule has 0 saturated heterocycles. The zero-order chi connectivity index (χ0) is 9.78. The highest BCUT2D eigenvalue weighted by Gasteiger charge is 2.21. The molecule has 0 aliphatic rings. The number of aliphatic hydroxyl groups excluding tert-OH is 1. The van der Waals surface area contributed by atoms with Crippen molar-refractivity contribution in [3.63, 3.8) is 0 Å². The van der Waals surface area contributed by atoms with Gasteiger partial charge < -0.3 is 10.2 Å². The Morgan fingerprint density at radius 1 is 1.42 bits per heavy atom. The van der Waals surface area contributed by atoms with E-state index in [1.165, 1.54) is 0 Å². The fourth-order valence-corrected chi connectivity index (χ4v) is 0.880. The lowest BCUT2D eigenvalue weighted by molar-refractivity contribution is -0.137. The summed E-state index contributed by atoms with van der Waals surface area (Å²) in [6.07, 6.45) is 0.855. The highest BCUT2D eigenvalue weighted by Crippen LogP contribution is 2.22. The van der Waals surface area contributed by atoms with Crippen molar-refractivity contribution in [3.8, 4) is 0 Å². The minimum absolute atomic E-state index is 0.140. The smallest absolute Gasteiger partial charge is 0.303 e. The molecule has 0 bridgehead atoms. The first-order chi connectivity index (χ1) is 5.34. The molecule has 3 heteroatoms. The molecule has 0 aromatic rings. The van der Waals surface area contributed by atoms with Gasteiger partial charge in [-0.1, -0.05) is 20.8 Å². The third-order valence-electron chi connectivity index (χ3n) is 1.87. The van der Waals surface area contributed by atoms with Crippen LogP contribution in [0.15, 0.2) is 0 Å². The molecule has 0 aliphatic carbocycles. The first kappa shape index (κ1) is 11.4. The van der Waals surface area contributed by atoms with E-state index in [-0.39, 0.29) is 11.8 Å². The Balaban J connectivity index is 3.58. The third kappa shape index (κ3) is 5.13. The minimum atomic E-state index is -0.795. The summed E-state index contributed by atoms with van der Waals surface area (Å²) in [5.41, 5.74) is -0.140. The molecule has 12 heavy (non-hydrogen) atoms. The molecule has 0 radical (unpaired) electrons. The summed E-state index contributed by atoms with van der Waals surface area (Å²) in [7, 11) is 0. The Morgan fingerprint density at radius 3 is 2.25 bits per heavy atom. The van der Waals surface area contributed by atoms with E-state index in [4.69, 9.17) is 5.11 Å². The second-order valence-electron chi connectivity index (χ2n) is 4.17. The molecular formula is C9H18O3. The number of hydrogen-bond acceptors (Lipinski definition) is 2. The standard InChI is InChI=1S/C9H18O3/c1-9(2,3)7(10)5-4-6-8(11)12/h7,10H,4-6H2,1-3H3,(H,11,12). The maximum atomic E-state index is 10.1. The lowest BCUT2D eigenvalue weighted by Gasteiger charge is -2.25. The quantitative estimate of drug-likeness (QED) is 0.681. The van der Waals surface area contributed by atoms with Crippen LogP contribution in [0.5, 0.6) is 0 Å². The average Bonchev–Trinajstić information content (AvgIpc) is 1.84. The van der Waals surface area contributed by atoms with Crippen LogP contribution in [0.4, 0.5) is 0 Å². The highest BCUT2D eigenvalue weighted by molar-refractivity contribution is 5.66. The molecule has 0 rings (SSSR count). The van der Waals surface area contributed by atoms with Crippen LogP contribution >= 0.6 is 0 Å². The first-order valence-corrected chi connectivity index (χ1v) is 4.24. The van der Waals surface area contributed by atoms with Crippen LogP contribution in [0.1, 0.15) is 40.0 Å². The molecule has 3 nitrogen and oxygen atoms in total. The van der Waals surface area contributed by atoms with Gasteiger partial charge >= 0.3 is 5.97 Å². The van der Waals surface area contributed by atoms with E-state index in [0.717, 1.165) is 0 Å². The number of aliphatic hydroxyl groups is 1. The lowest BCUT2D eigenvalue weighted by atomic mass is 9.86. The van der Waals surface area contributed by atoms with Crippen molar-refractivity contribution in [1.29, 1.82) is 0 Å². The van der Waals surface area contributed by atoms with E-state index < -0.39 is 12.1 Å². The molecule has 0 heterocycles. The largest absolute Gasteiger partial charge is 0.481 e. The van der Waals surface area contributed by atoms with Gasteiger partial charge in [0.1, 0.15) is 0 Å². The van der Waals surface area contributed by atoms with E-state index in [9.17, 15) is 9.90 Å². The second kappa shape index (κ2) is 4.45. The number of hydrogen-bond donors (Lipinski definition) is 2. The normalized spacial score (nSPS) is 14.3. The number of carboxylic acids is 1. The van der Waals surface area contributed by atoms with Gasteiger partial charge in [0.15, 0.2) is 0 Å². The summed E-state index contributed by atoms with van der Waals surface area (Å²) in [4.78, 5) is 10.1. The number of carboxylic acid groups (broad SMARTS) is 1. The van der Waals surface area contributed by atoms with E-state index in [1.54, 1.807) is 0 Å². The van der Waals surface area contributed by atoms with Gasteiger partial charge in [-0.05, 0) is 18.3 Å². The summed E-state index contributed by atoms with van der Waals surface area (Å²) in [5.74, 6) is -0.795. The summed E-state index contributed by atoms with van der Waals surface area (Å²) in [5, 5.41) is 17.9. The summed E-state index contributed by atoms with van der Waals surface area (Å²) >= 11 is 0. The Morgan fingerprint density at radius 2 is 1.92 bits per heavy atom. The Bertz CT molecular complexity index is 146. The van der Waals surface area contributed by atoms with Gasteiger partial charge in [-0.15, -0.1) is 0 Å². The van der Waals surface area contributed by atoms with E-state index in [2.05, 4.69) is 0 Å². The van der Waals surface area contributed by atoms with E-state index in [0.29, 0.717) is 12.8 Å². The van der Waals surface area contributed by atoms with Crippen molar-refractivity contribution in [3.05, 3.63) is 0 Å². The Labute approximate surface area is 73.4 Å². The van der Waals surface area contributed by atoms with Gasteiger partial charge in [0, 0.05) is 6.42 Å². The molecule has 1 atom stereocenters. The van der Waals surface area contributed by atoms with Gasteiger partial charge in [-0.3, -0.25) is 4.79 Å². The van der Waals surface area contributed by atoms with Crippen molar-refractivity contribution in [2.24, 2.45) is 5.41 Å². The van der Waals surface area contributed by atoms with Crippen molar-refractivity contribution < 1.29 is 15.0 Å². The molecule has 0 spiro atoms. The summed E-state index contributed by atoms with van der Waals surface area (Å²) in [6, 6.07) is 0. The Hall–Kier alpha value is -0.570. The maximum absolute atomic E-state index is 10.1. The van der Waals surface area contributed by atoms with Crippen LogP contribution in [0.3, 0.4) is 0 Å². The van der Waals surface area contributed by atoms with Gasteiger partial charge in [-0.25, -0.2) is 0 Å². The number of rotatable bonds is 4. The Kier molecular flexibility index (Phi) is 4.24. The molecule has 2 N–H and O–H groups in total. The predicted molar refractivity (Wildman–Crippen MR) is 46.9 cm³/mol. The summed E-state index contributed by atoms with van der Waals surface area (Å²) in [6.45, 7) is 5.83. The van der Waals surface area contributed by atoms with Crippen LogP contribution < -0.4 is 0 Å². The minimum Gasteiger partial charge on any atom is -0.481 e. The van der Waals surface area contributed by atoms with Gasteiger partial charge in [-0.2, -0.15) is 0 Å². The number of carbonyl (C=O) groups is 1. The van der Waals surface area contributed by atoms with Crippen molar-refractivity contribution in [2.75, 3.05) is 0 Å². The van der Waals surface area contributed by atoms with E-state index in [1.807, 2.05) is 20.8 Å². The second-order valence-corrected chi connectivity index (χ2v) is 4.17. The molecule has 0 aromatic carbocycles. The molecule has 0 amide bonds. The van der Waals surface area contributed by atoms with Crippen molar-refractivity contribution in [2.45, 2.75) is 46.1 Å². The average molecular weight is 174 g/mol. The van der Waals surface area contributed by atoms with Gasteiger partial charge in [0.2, 0.25) is 0 Å². The molecule has 0 aliphatic heterocycles. The first-order valence-electron chi connectivity index (χ1n) is 4.24. The van der Waals surface area contributed by atoms with Crippen LogP contribution in [0.25, 0.3) is 0 Å². The molecule has 0 aromatic heterocycles. The molecule has 0 saturated carbocycles. The molecule has 0 fully saturated rings. The van der Waals surface area contributed by atoms with Crippen LogP contribution in [-0.2, 0) is 4.79 Å². The van der Waals surface area contributed by atoms with Crippen LogP contribution in [0.2, 0.25) is 0 Å². The zero-order valence-electron chi connectivity index (χ0n) is 8.00. The van der Waals surface area contributed by atoms with Gasteiger partial charge in [0.05, 0.1) is 6.10 Å². The van der Waals surface area contributed by atoms with Crippen LogP contribution in [0, 0.1) is 5.41 Å². The fourth-order valence-electron chi connectivity index (χ4n) is 0.880.